The molecule has 0 fully saturated rings. The molecule has 0 saturated heterocycles. The van der Waals surface area contributed by atoms with Crippen molar-refractivity contribution in [1.82, 2.24) is 25.4 Å². The van der Waals surface area contributed by atoms with Crippen LogP contribution in [0.3, 0.4) is 0 Å². The molecular formula is C11H19N5O2S. The van der Waals surface area contributed by atoms with Crippen LogP contribution in [0.4, 0.5) is 4.79 Å². The standard InChI is InChI=1S/C11H19N5O2S/c1-6(2)8-14-15-11(16(8)5)19-7(3)9(17)13-10(18)12-4/h6-7H,1-5H3,(H2,12,13,17,18)/t7-/m1/s1. The van der Waals surface area contributed by atoms with Crippen molar-refractivity contribution in [2.45, 2.75) is 37.1 Å². The molecule has 8 heteroatoms. The fraction of sp³-hybridized carbons (Fsp3) is 0.636. The van der Waals surface area contributed by atoms with Gasteiger partial charge >= 0.3 is 6.03 Å². The van der Waals surface area contributed by atoms with Gasteiger partial charge in [-0.05, 0) is 6.92 Å². The molecule has 0 saturated carbocycles. The predicted octanol–water partition coefficient (Wildman–Crippen LogP) is 0.875. The normalized spacial score (nSPS) is 12.3. The number of hydrogen-bond acceptors (Lipinski definition) is 5. The molecule has 0 spiro atoms. The molecule has 1 aromatic rings. The Morgan fingerprint density at radius 1 is 1.26 bits per heavy atom. The third-order valence-corrected chi connectivity index (χ3v) is 3.63. The SMILES string of the molecule is CNC(=O)NC(=O)[C@@H](C)Sc1nnc(C(C)C)n1C. The largest absolute Gasteiger partial charge is 0.341 e. The van der Waals surface area contributed by atoms with E-state index in [1.165, 1.54) is 18.8 Å². The molecule has 0 aliphatic carbocycles. The zero-order valence-corrected chi connectivity index (χ0v) is 12.5. The molecule has 7 nitrogen and oxygen atoms in total. The van der Waals surface area contributed by atoms with Crippen molar-refractivity contribution in [3.63, 3.8) is 0 Å². The van der Waals surface area contributed by atoms with Gasteiger partial charge in [-0.25, -0.2) is 4.79 Å². The zero-order chi connectivity index (χ0) is 14.6. The molecule has 0 aromatic carbocycles. The van der Waals surface area contributed by atoms with E-state index in [2.05, 4.69) is 20.8 Å². The second-order valence-corrected chi connectivity index (χ2v) is 5.69. The number of carbonyl (C=O) groups is 2. The van der Waals surface area contributed by atoms with Gasteiger partial charge in [0, 0.05) is 20.0 Å². The summed E-state index contributed by atoms with van der Waals surface area (Å²) in [5.74, 6) is 0.765. The number of thioether (sulfide) groups is 1. The Labute approximate surface area is 116 Å². The maximum absolute atomic E-state index is 11.7. The Kier molecular flexibility index (Phi) is 5.34. The van der Waals surface area contributed by atoms with Crippen molar-refractivity contribution in [2.24, 2.45) is 7.05 Å². The van der Waals surface area contributed by atoms with E-state index in [1.807, 2.05) is 25.5 Å². The van der Waals surface area contributed by atoms with E-state index < -0.39 is 11.3 Å². The maximum Gasteiger partial charge on any atom is 0.321 e. The highest BCUT2D eigenvalue weighted by Crippen LogP contribution is 2.23. The maximum atomic E-state index is 11.7. The average Bonchev–Trinajstić information content (AvgIpc) is 2.70. The molecule has 0 bridgehead atoms. The zero-order valence-electron chi connectivity index (χ0n) is 11.7. The first kappa shape index (κ1) is 15.5. The van der Waals surface area contributed by atoms with Gasteiger partial charge in [-0.1, -0.05) is 25.6 Å². The lowest BCUT2D eigenvalue weighted by Gasteiger charge is -2.11. The fourth-order valence-corrected chi connectivity index (χ4v) is 2.24. The summed E-state index contributed by atoms with van der Waals surface area (Å²) in [6.45, 7) is 5.77. The first-order chi connectivity index (χ1) is 8.86. The van der Waals surface area contributed by atoms with Crippen LogP contribution in [0, 0.1) is 0 Å². The van der Waals surface area contributed by atoms with Crippen LogP contribution in [0.2, 0.25) is 0 Å². The molecule has 0 aliphatic heterocycles. The number of urea groups is 1. The summed E-state index contributed by atoms with van der Waals surface area (Å²) in [5.41, 5.74) is 0. The number of nitrogens with one attached hydrogen (secondary N) is 2. The van der Waals surface area contributed by atoms with E-state index >= 15 is 0 Å². The van der Waals surface area contributed by atoms with Gasteiger partial charge < -0.3 is 9.88 Å². The number of nitrogens with zero attached hydrogens (tertiary/aromatic N) is 3. The van der Waals surface area contributed by atoms with E-state index in [4.69, 9.17) is 0 Å². The molecule has 3 amide bonds. The number of amides is 3. The van der Waals surface area contributed by atoms with E-state index in [-0.39, 0.29) is 11.8 Å². The van der Waals surface area contributed by atoms with Crippen molar-refractivity contribution in [3.8, 4) is 0 Å². The first-order valence-corrected chi connectivity index (χ1v) is 6.83. The van der Waals surface area contributed by atoms with E-state index in [0.717, 1.165) is 5.82 Å². The molecule has 106 valence electrons. The summed E-state index contributed by atoms with van der Waals surface area (Å²) >= 11 is 1.27. The molecule has 1 heterocycles. The van der Waals surface area contributed by atoms with Crippen molar-refractivity contribution < 1.29 is 9.59 Å². The van der Waals surface area contributed by atoms with Gasteiger partial charge in [0.2, 0.25) is 5.91 Å². The summed E-state index contributed by atoms with van der Waals surface area (Å²) < 4.78 is 1.86. The lowest BCUT2D eigenvalue weighted by Crippen LogP contribution is -2.41. The summed E-state index contributed by atoms with van der Waals surface area (Å²) in [6, 6.07) is -0.515. The summed E-state index contributed by atoms with van der Waals surface area (Å²) in [6.07, 6.45) is 0. The monoisotopic (exact) mass is 285 g/mol. The van der Waals surface area contributed by atoms with Crippen LogP contribution in [-0.2, 0) is 11.8 Å². The number of rotatable bonds is 4. The number of hydrogen-bond donors (Lipinski definition) is 2. The molecule has 1 aromatic heterocycles. The lowest BCUT2D eigenvalue weighted by molar-refractivity contribution is -0.119. The minimum absolute atomic E-state index is 0.266. The van der Waals surface area contributed by atoms with Crippen LogP contribution in [0.5, 0.6) is 0 Å². The number of imide groups is 1. The minimum atomic E-state index is -0.515. The average molecular weight is 285 g/mol. The second-order valence-electron chi connectivity index (χ2n) is 4.38. The Morgan fingerprint density at radius 3 is 2.37 bits per heavy atom. The highest BCUT2D eigenvalue weighted by atomic mass is 32.2. The lowest BCUT2D eigenvalue weighted by atomic mass is 10.2. The smallest absolute Gasteiger partial charge is 0.321 e. The van der Waals surface area contributed by atoms with E-state index in [9.17, 15) is 9.59 Å². The molecule has 0 unspecified atom stereocenters. The van der Waals surface area contributed by atoms with Gasteiger partial charge in [0.1, 0.15) is 5.82 Å². The van der Waals surface area contributed by atoms with Crippen molar-refractivity contribution in [3.05, 3.63) is 5.82 Å². The van der Waals surface area contributed by atoms with Gasteiger partial charge in [0.05, 0.1) is 5.25 Å². The van der Waals surface area contributed by atoms with Gasteiger partial charge in [0.25, 0.3) is 0 Å². The predicted molar refractivity (Wildman–Crippen MR) is 73.0 cm³/mol. The summed E-state index contributed by atoms with van der Waals surface area (Å²) in [4.78, 5) is 22.8. The van der Waals surface area contributed by atoms with Crippen molar-refractivity contribution in [2.75, 3.05) is 7.05 Å². The Morgan fingerprint density at radius 2 is 1.89 bits per heavy atom. The van der Waals surface area contributed by atoms with E-state index in [0.29, 0.717) is 5.16 Å². The Hall–Kier alpha value is -1.57. The van der Waals surface area contributed by atoms with Gasteiger partial charge in [-0.2, -0.15) is 0 Å². The third kappa shape index (κ3) is 3.95. The Balaban J connectivity index is 2.69. The van der Waals surface area contributed by atoms with Crippen molar-refractivity contribution in [1.29, 1.82) is 0 Å². The highest BCUT2D eigenvalue weighted by molar-refractivity contribution is 8.00. The van der Waals surface area contributed by atoms with Crippen molar-refractivity contribution >= 4 is 23.7 Å². The summed E-state index contributed by atoms with van der Waals surface area (Å²) in [7, 11) is 3.32. The first-order valence-electron chi connectivity index (χ1n) is 5.95. The quantitative estimate of drug-likeness (QED) is 0.801. The van der Waals surface area contributed by atoms with Gasteiger partial charge in [0.15, 0.2) is 5.16 Å². The number of carbonyl (C=O) groups excluding carboxylic acids is 2. The highest BCUT2D eigenvalue weighted by Gasteiger charge is 2.20. The number of aromatic nitrogens is 3. The van der Waals surface area contributed by atoms with Crippen LogP contribution in [0.25, 0.3) is 0 Å². The van der Waals surface area contributed by atoms with Crippen LogP contribution < -0.4 is 10.6 Å². The minimum Gasteiger partial charge on any atom is -0.341 e. The third-order valence-electron chi connectivity index (χ3n) is 2.50. The van der Waals surface area contributed by atoms with Crippen LogP contribution in [-0.4, -0.2) is 39.0 Å². The topological polar surface area (TPSA) is 88.9 Å². The molecule has 19 heavy (non-hydrogen) atoms. The molecule has 1 atom stereocenters. The molecule has 0 aliphatic rings. The molecule has 0 radical (unpaired) electrons. The second kappa shape index (κ2) is 6.55. The van der Waals surface area contributed by atoms with Gasteiger partial charge in [-0.3, -0.25) is 10.1 Å². The van der Waals surface area contributed by atoms with Crippen LogP contribution in [0.1, 0.15) is 32.5 Å². The van der Waals surface area contributed by atoms with Crippen LogP contribution in [0.15, 0.2) is 5.16 Å². The van der Waals surface area contributed by atoms with Gasteiger partial charge in [-0.15, -0.1) is 10.2 Å². The molecule has 2 N–H and O–H groups in total. The van der Waals surface area contributed by atoms with Crippen LogP contribution >= 0.6 is 11.8 Å². The Bertz CT molecular complexity index is 472. The summed E-state index contributed by atoms with van der Waals surface area (Å²) in [5, 5.41) is 12.9. The van der Waals surface area contributed by atoms with E-state index in [1.54, 1.807) is 6.92 Å². The molecular weight excluding hydrogens is 266 g/mol. The molecule has 1 rings (SSSR count). The fourth-order valence-electron chi connectivity index (χ4n) is 1.42.